The number of nitro groups is 1. The van der Waals surface area contributed by atoms with Crippen molar-refractivity contribution < 1.29 is 39.6 Å². The van der Waals surface area contributed by atoms with Crippen molar-refractivity contribution in [3.8, 4) is 5.75 Å². The van der Waals surface area contributed by atoms with Crippen LogP contribution in [0.1, 0.15) is 12.5 Å². The molecule has 11 nitrogen and oxygen atoms in total. The molecule has 0 radical (unpaired) electrons. The molecule has 1 saturated heterocycles. The first-order valence-corrected chi connectivity index (χ1v) is 8.29. The number of amides is 1. The molecule has 0 unspecified atom stereocenters. The van der Waals surface area contributed by atoms with Crippen LogP contribution in [-0.2, 0) is 9.53 Å². The van der Waals surface area contributed by atoms with E-state index in [4.69, 9.17) is 14.6 Å². The number of aliphatic hydroxyl groups excluding tert-OH is 3. The summed E-state index contributed by atoms with van der Waals surface area (Å²) in [5.74, 6) is -0.520. The van der Waals surface area contributed by atoms with E-state index in [-0.39, 0.29) is 11.4 Å². The lowest BCUT2D eigenvalue weighted by atomic mass is 9.95. The molecule has 5 atom stereocenters. The molecule has 1 heterocycles. The fourth-order valence-corrected chi connectivity index (χ4v) is 3.03. The van der Waals surface area contributed by atoms with Crippen LogP contribution in [0, 0.1) is 10.1 Å². The number of anilines is 1. The largest absolute Gasteiger partial charge is 0.829 e. The molecule has 0 bridgehead atoms. The number of aliphatic hydroxyl groups is 3. The van der Waals surface area contributed by atoms with Gasteiger partial charge in [-0.25, -0.2) is 0 Å². The van der Waals surface area contributed by atoms with Gasteiger partial charge < -0.3 is 34.8 Å². The summed E-state index contributed by atoms with van der Waals surface area (Å²) in [7, 11) is 1.30. The summed E-state index contributed by atoms with van der Waals surface area (Å²) in [5.41, 5.74) is 0.511. The zero-order valence-electron chi connectivity index (χ0n) is 15.2. The maximum Gasteiger partial charge on any atom is 0.235 e. The van der Waals surface area contributed by atoms with Gasteiger partial charge in [0.25, 0.3) is 0 Å². The summed E-state index contributed by atoms with van der Waals surface area (Å²) in [4.78, 5) is 23.1. The Bertz CT molecular complexity index is 754. The third-order valence-corrected chi connectivity index (χ3v) is 4.34. The van der Waals surface area contributed by atoms with Gasteiger partial charge >= 0.3 is 0 Å². The highest BCUT2D eigenvalue weighted by Gasteiger charge is 2.44. The normalized spacial score (nSPS) is 27.6. The van der Waals surface area contributed by atoms with E-state index < -0.39 is 48.1 Å². The highest BCUT2D eigenvalue weighted by atomic mass is 16.6. The number of ether oxygens (including phenoxy) is 2. The first kappa shape index (κ1) is 21.7. The van der Waals surface area contributed by atoms with Gasteiger partial charge in [-0.15, -0.1) is 0 Å². The Balaban J connectivity index is 2.46. The van der Waals surface area contributed by atoms with E-state index in [0.29, 0.717) is 5.56 Å². The minimum Gasteiger partial charge on any atom is -0.829 e. The van der Waals surface area contributed by atoms with Crippen LogP contribution in [0.25, 0.3) is 6.08 Å². The summed E-state index contributed by atoms with van der Waals surface area (Å²) < 4.78 is 10.2. The molecule has 154 valence electrons. The van der Waals surface area contributed by atoms with Gasteiger partial charge in [0, 0.05) is 19.3 Å². The predicted molar refractivity (Wildman–Crippen MR) is 93.7 cm³/mol. The third-order valence-electron chi connectivity index (χ3n) is 4.34. The molecule has 1 fully saturated rings. The molecule has 28 heavy (non-hydrogen) atoms. The van der Waals surface area contributed by atoms with Crippen LogP contribution in [-0.4, -0.2) is 70.5 Å². The van der Waals surface area contributed by atoms with Crippen molar-refractivity contribution in [2.24, 2.45) is 0 Å². The molecule has 1 aromatic rings. The second kappa shape index (κ2) is 9.08. The Morgan fingerprint density at radius 2 is 2.07 bits per heavy atom. The maximum atomic E-state index is 12.4. The van der Waals surface area contributed by atoms with Crippen LogP contribution in [0.5, 0.6) is 5.75 Å². The van der Waals surface area contributed by atoms with Gasteiger partial charge in [-0.3, -0.25) is 14.9 Å². The number of carbonyl (C=O) groups is 1. The zero-order valence-corrected chi connectivity index (χ0v) is 15.2. The van der Waals surface area contributed by atoms with E-state index in [2.05, 4.69) is 0 Å². The molecule has 0 aliphatic carbocycles. The number of carbonyl (C=O) groups excluding carboxylic acids is 1. The molecule has 1 aliphatic rings. The fraction of sp³-hybridized carbons (Fsp3) is 0.471. The lowest BCUT2D eigenvalue weighted by Gasteiger charge is -2.49. The van der Waals surface area contributed by atoms with Crippen LogP contribution in [0.3, 0.4) is 0 Å². The summed E-state index contributed by atoms with van der Waals surface area (Å²) in [5, 5.41) is 52.5. The lowest BCUT2D eigenvalue weighted by molar-refractivity contribution is -0.517. The predicted octanol–water partition coefficient (Wildman–Crippen LogP) is -1.54. The number of methoxy groups -OCH3 is 1. The molecule has 1 aliphatic heterocycles. The van der Waals surface area contributed by atoms with Crippen LogP contribution in [0.4, 0.5) is 5.69 Å². The second-order valence-corrected chi connectivity index (χ2v) is 6.12. The quantitative estimate of drug-likeness (QED) is 0.381. The van der Waals surface area contributed by atoms with Crippen molar-refractivity contribution >= 4 is 17.7 Å². The Morgan fingerprint density at radius 3 is 2.61 bits per heavy atom. The van der Waals surface area contributed by atoms with Crippen molar-refractivity contribution in [2.45, 2.75) is 37.6 Å². The molecule has 1 amide bonds. The van der Waals surface area contributed by atoms with Crippen molar-refractivity contribution in [2.75, 3.05) is 18.6 Å². The Kier molecular flexibility index (Phi) is 7.05. The first-order valence-electron chi connectivity index (χ1n) is 8.29. The van der Waals surface area contributed by atoms with Crippen molar-refractivity contribution in [3.05, 3.63) is 40.1 Å². The number of rotatable bonds is 6. The molecule has 0 saturated carbocycles. The minimum atomic E-state index is -1.95. The molecule has 0 spiro atoms. The molecule has 3 N–H and O–H groups in total. The summed E-state index contributed by atoms with van der Waals surface area (Å²) in [6.07, 6.45) is -4.55. The monoisotopic (exact) mass is 397 g/mol. The molecule has 0 aromatic heterocycles. The molecule has 1 aromatic carbocycles. The van der Waals surface area contributed by atoms with Crippen LogP contribution < -0.4 is 14.7 Å². The van der Waals surface area contributed by atoms with Gasteiger partial charge in [0.05, 0.1) is 30.4 Å². The third kappa shape index (κ3) is 4.46. The molecular weight excluding hydrogens is 376 g/mol. The average molecular weight is 397 g/mol. The fourth-order valence-electron chi connectivity index (χ4n) is 3.03. The van der Waals surface area contributed by atoms with E-state index in [1.165, 1.54) is 31.4 Å². The van der Waals surface area contributed by atoms with Gasteiger partial charge in [-0.1, -0.05) is 6.07 Å². The Morgan fingerprint density at radius 1 is 1.39 bits per heavy atom. The molecular formula is C17H21N2O9-. The summed E-state index contributed by atoms with van der Waals surface area (Å²) in [6.45, 7) is 0.481. The van der Waals surface area contributed by atoms with Crippen LogP contribution in [0.2, 0.25) is 0 Å². The highest BCUT2D eigenvalue weighted by molar-refractivity contribution is 5.94. The van der Waals surface area contributed by atoms with Crippen molar-refractivity contribution in [1.82, 2.24) is 0 Å². The maximum absolute atomic E-state index is 12.4. The summed E-state index contributed by atoms with van der Waals surface area (Å²) in [6, 6.07) is 2.76. The Labute approximate surface area is 160 Å². The van der Waals surface area contributed by atoms with Crippen LogP contribution >= 0.6 is 0 Å². The second-order valence-electron chi connectivity index (χ2n) is 6.12. The van der Waals surface area contributed by atoms with E-state index in [0.717, 1.165) is 18.0 Å². The van der Waals surface area contributed by atoms with E-state index >= 15 is 0 Å². The number of hydrogen-bond acceptors (Lipinski definition) is 9. The number of benzene rings is 1. The highest BCUT2D eigenvalue weighted by Crippen LogP contribution is 2.35. The molecule has 11 heteroatoms. The zero-order chi connectivity index (χ0) is 21.0. The molecule has 2 rings (SSSR count). The van der Waals surface area contributed by atoms with Gasteiger partial charge in [0.2, 0.25) is 12.1 Å². The van der Waals surface area contributed by atoms with Gasteiger partial charge in [-0.05, 0) is 17.7 Å². The topological polar surface area (TPSA) is 166 Å². The summed E-state index contributed by atoms with van der Waals surface area (Å²) >= 11 is 0. The Hall–Kier alpha value is -2.57. The number of nitrogens with zero attached hydrogens (tertiary/aromatic N) is 2. The van der Waals surface area contributed by atoms with Gasteiger partial charge in [-0.2, -0.15) is 0 Å². The standard InChI is InChI=1S/C17H21N2O9/c1-9(21)19(14-16(23)15(22)13(8-20)28-17(14)24)11-4-3-10(5-6-18(25)26)7-12(11)27-2/h3-7,13-17,20,22-23H,8H2,1-2H3/q-1/b6-5+/t13-,14-,15-,16-,17-/m1/s1. The average Bonchev–Trinajstić information content (AvgIpc) is 2.66. The van der Waals surface area contributed by atoms with E-state index in [9.17, 15) is 30.2 Å². The van der Waals surface area contributed by atoms with Gasteiger partial charge in [0.1, 0.15) is 24.1 Å². The SMILES string of the molecule is COc1cc(/C=C/[N+](=O)[O-])ccc1N(C(C)=O)[C@@H]1[C@@H](O)[C@H](O)[C@@H](CO)O[C@H]1[O-]. The van der Waals surface area contributed by atoms with E-state index in [1.54, 1.807) is 0 Å². The van der Waals surface area contributed by atoms with Crippen molar-refractivity contribution in [3.63, 3.8) is 0 Å². The van der Waals surface area contributed by atoms with E-state index in [1.807, 2.05) is 0 Å². The van der Waals surface area contributed by atoms with Gasteiger partial charge in [0.15, 0.2) is 0 Å². The first-order chi connectivity index (χ1) is 13.2. The minimum absolute atomic E-state index is 0.108. The van der Waals surface area contributed by atoms with Crippen LogP contribution in [0.15, 0.2) is 24.4 Å². The van der Waals surface area contributed by atoms with Crippen molar-refractivity contribution in [1.29, 1.82) is 0 Å². The lowest BCUT2D eigenvalue weighted by Crippen LogP contribution is -2.68. The smallest absolute Gasteiger partial charge is 0.235 e. The number of hydrogen-bond donors (Lipinski definition) is 3.